The van der Waals surface area contributed by atoms with Gasteiger partial charge in [0, 0.05) is 36.8 Å². The summed E-state index contributed by atoms with van der Waals surface area (Å²) in [5.74, 6) is -0.0546. The highest BCUT2D eigenvalue weighted by Crippen LogP contribution is 2.24. The van der Waals surface area contributed by atoms with Crippen molar-refractivity contribution in [2.75, 3.05) is 33.4 Å². The fourth-order valence-corrected chi connectivity index (χ4v) is 2.60. The second kappa shape index (κ2) is 8.12. The zero-order chi connectivity index (χ0) is 15.1. The third-order valence-electron chi connectivity index (χ3n) is 3.14. The molecule has 0 heterocycles. The number of rotatable bonds is 7. The van der Waals surface area contributed by atoms with Gasteiger partial charge in [-0.05, 0) is 22.9 Å². The number of halogens is 1. The maximum atomic E-state index is 12.3. The van der Waals surface area contributed by atoms with Crippen LogP contribution in [0.2, 0.25) is 0 Å². The molecule has 0 saturated carbocycles. The van der Waals surface area contributed by atoms with Crippen molar-refractivity contribution in [2.24, 2.45) is 0 Å². The molecule has 0 bridgehead atoms. The molecule has 1 amide bonds. The van der Waals surface area contributed by atoms with Crippen molar-refractivity contribution in [1.29, 1.82) is 0 Å². The normalized spacial score (nSPS) is 10.8. The summed E-state index contributed by atoms with van der Waals surface area (Å²) in [4.78, 5) is 12.3. The summed E-state index contributed by atoms with van der Waals surface area (Å²) in [5, 5.41) is 8.14. The van der Waals surface area contributed by atoms with Gasteiger partial charge in [-0.1, -0.05) is 40.2 Å². The first-order chi connectivity index (χ1) is 10.2. The summed E-state index contributed by atoms with van der Waals surface area (Å²) in [6.07, 6.45) is 0. The lowest BCUT2D eigenvalue weighted by atomic mass is 10.0. The van der Waals surface area contributed by atoms with Crippen molar-refractivity contribution in [3.8, 4) is 0 Å². The van der Waals surface area contributed by atoms with Crippen LogP contribution in [0.4, 0.5) is 0 Å². The van der Waals surface area contributed by atoms with Gasteiger partial charge in [-0.3, -0.25) is 4.79 Å². The molecule has 0 unspecified atom stereocenters. The minimum atomic E-state index is -0.0546. The Labute approximate surface area is 133 Å². The quantitative estimate of drug-likeness (QED) is 0.754. The van der Waals surface area contributed by atoms with Gasteiger partial charge in [0.15, 0.2) is 0 Å². The van der Waals surface area contributed by atoms with E-state index < -0.39 is 0 Å². The molecule has 2 aromatic rings. The van der Waals surface area contributed by atoms with E-state index in [4.69, 9.17) is 4.74 Å². The molecule has 5 heteroatoms. The Morgan fingerprint density at radius 3 is 2.81 bits per heavy atom. The van der Waals surface area contributed by atoms with Crippen molar-refractivity contribution < 1.29 is 9.53 Å². The third-order valence-corrected chi connectivity index (χ3v) is 3.60. The zero-order valence-corrected chi connectivity index (χ0v) is 13.6. The number of amides is 1. The topological polar surface area (TPSA) is 50.4 Å². The van der Waals surface area contributed by atoms with Crippen LogP contribution in [0.1, 0.15) is 10.4 Å². The van der Waals surface area contributed by atoms with E-state index in [1.807, 2.05) is 36.4 Å². The summed E-state index contributed by atoms with van der Waals surface area (Å²) < 4.78 is 5.85. The maximum Gasteiger partial charge on any atom is 0.251 e. The van der Waals surface area contributed by atoms with E-state index >= 15 is 0 Å². The summed E-state index contributed by atoms with van der Waals surface area (Å²) in [7, 11) is 1.67. The number of hydrogen-bond donors (Lipinski definition) is 2. The van der Waals surface area contributed by atoms with E-state index in [2.05, 4.69) is 26.6 Å². The number of carbonyl (C=O) groups excluding carboxylic acids is 1. The fraction of sp³-hybridized carbons (Fsp3) is 0.312. The Morgan fingerprint density at radius 2 is 2.00 bits per heavy atom. The first kappa shape index (κ1) is 15.9. The van der Waals surface area contributed by atoms with Crippen LogP contribution < -0.4 is 10.6 Å². The molecule has 0 fully saturated rings. The van der Waals surface area contributed by atoms with E-state index in [9.17, 15) is 4.79 Å². The van der Waals surface area contributed by atoms with Crippen molar-refractivity contribution in [3.05, 3.63) is 46.4 Å². The van der Waals surface area contributed by atoms with Crippen molar-refractivity contribution in [3.63, 3.8) is 0 Å². The smallest absolute Gasteiger partial charge is 0.251 e. The highest BCUT2D eigenvalue weighted by atomic mass is 79.9. The van der Waals surface area contributed by atoms with Crippen LogP contribution in [0.3, 0.4) is 0 Å². The van der Waals surface area contributed by atoms with E-state index in [1.165, 1.54) is 0 Å². The second-order valence-electron chi connectivity index (χ2n) is 4.67. The van der Waals surface area contributed by atoms with Crippen LogP contribution in [0.5, 0.6) is 0 Å². The van der Waals surface area contributed by atoms with Gasteiger partial charge in [0.2, 0.25) is 0 Å². The highest BCUT2D eigenvalue weighted by Gasteiger charge is 2.10. The first-order valence-electron chi connectivity index (χ1n) is 6.88. The van der Waals surface area contributed by atoms with E-state index in [0.717, 1.165) is 28.3 Å². The number of benzene rings is 2. The standard InChI is InChI=1S/C16H19BrN2O2/c1-21-9-8-18-6-7-19-16(20)15-11-13(17)10-12-4-2-3-5-14(12)15/h2-5,10-11,18H,6-9H2,1H3,(H,19,20). The Morgan fingerprint density at radius 1 is 1.19 bits per heavy atom. The molecular weight excluding hydrogens is 332 g/mol. The molecule has 0 saturated heterocycles. The molecule has 0 spiro atoms. The number of nitrogens with one attached hydrogen (secondary N) is 2. The lowest BCUT2D eigenvalue weighted by molar-refractivity contribution is 0.0955. The Balaban J connectivity index is 1.99. The largest absolute Gasteiger partial charge is 0.383 e. The Kier molecular flexibility index (Phi) is 6.17. The summed E-state index contributed by atoms with van der Waals surface area (Å²) >= 11 is 3.46. The summed E-state index contributed by atoms with van der Waals surface area (Å²) in [5.41, 5.74) is 0.692. The highest BCUT2D eigenvalue weighted by molar-refractivity contribution is 9.10. The van der Waals surface area contributed by atoms with Gasteiger partial charge in [0.25, 0.3) is 5.91 Å². The zero-order valence-electron chi connectivity index (χ0n) is 12.0. The molecule has 21 heavy (non-hydrogen) atoms. The van der Waals surface area contributed by atoms with Crippen molar-refractivity contribution >= 4 is 32.6 Å². The number of fused-ring (bicyclic) bond motifs is 1. The number of methoxy groups -OCH3 is 1. The monoisotopic (exact) mass is 350 g/mol. The number of carbonyl (C=O) groups is 1. The van der Waals surface area contributed by atoms with Crippen molar-refractivity contribution in [1.82, 2.24) is 10.6 Å². The maximum absolute atomic E-state index is 12.3. The lowest BCUT2D eigenvalue weighted by Crippen LogP contribution is -2.33. The SMILES string of the molecule is COCCNCCNC(=O)c1cc(Br)cc2ccccc12. The van der Waals surface area contributed by atoms with Crippen molar-refractivity contribution in [2.45, 2.75) is 0 Å². The van der Waals surface area contributed by atoms with Gasteiger partial charge < -0.3 is 15.4 Å². The molecule has 112 valence electrons. The molecular formula is C16H19BrN2O2. The van der Waals surface area contributed by atoms with E-state index in [0.29, 0.717) is 18.7 Å². The predicted octanol–water partition coefficient (Wildman–Crippen LogP) is 2.57. The number of hydrogen-bond acceptors (Lipinski definition) is 3. The third kappa shape index (κ3) is 4.52. The average Bonchev–Trinajstić information content (AvgIpc) is 2.49. The average molecular weight is 351 g/mol. The fourth-order valence-electron chi connectivity index (χ4n) is 2.12. The van der Waals surface area contributed by atoms with Crippen LogP contribution >= 0.6 is 15.9 Å². The van der Waals surface area contributed by atoms with Gasteiger partial charge >= 0.3 is 0 Å². The van der Waals surface area contributed by atoms with Gasteiger partial charge in [-0.15, -0.1) is 0 Å². The van der Waals surface area contributed by atoms with E-state index in [-0.39, 0.29) is 5.91 Å². The molecule has 0 aromatic heterocycles. The molecule has 2 aromatic carbocycles. The van der Waals surface area contributed by atoms with Gasteiger partial charge in [-0.25, -0.2) is 0 Å². The molecule has 0 aliphatic heterocycles. The number of ether oxygens (including phenoxy) is 1. The van der Waals surface area contributed by atoms with E-state index in [1.54, 1.807) is 7.11 Å². The van der Waals surface area contributed by atoms with Crippen LogP contribution in [0.25, 0.3) is 10.8 Å². The molecule has 2 rings (SSSR count). The minimum Gasteiger partial charge on any atom is -0.383 e. The van der Waals surface area contributed by atoms with Gasteiger partial charge in [0.05, 0.1) is 6.61 Å². The molecule has 0 aliphatic rings. The summed E-state index contributed by atoms with van der Waals surface area (Å²) in [6, 6.07) is 11.8. The van der Waals surface area contributed by atoms with Crippen LogP contribution in [-0.4, -0.2) is 39.3 Å². The summed E-state index contributed by atoms with van der Waals surface area (Å²) in [6.45, 7) is 2.76. The molecule has 0 aliphatic carbocycles. The first-order valence-corrected chi connectivity index (χ1v) is 7.68. The minimum absolute atomic E-state index is 0.0546. The van der Waals surface area contributed by atoms with Crippen LogP contribution in [0, 0.1) is 0 Å². The van der Waals surface area contributed by atoms with Gasteiger partial charge in [0.1, 0.15) is 0 Å². The Hall–Kier alpha value is -1.43. The second-order valence-corrected chi connectivity index (χ2v) is 5.59. The molecule has 0 radical (unpaired) electrons. The molecule has 0 atom stereocenters. The molecule has 4 nitrogen and oxygen atoms in total. The Bertz CT molecular complexity index is 616. The van der Waals surface area contributed by atoms with Gasteiger partial charge in [-0.2, -0.15) is 0 Å². The van der Waals surface area contributed by atoms with Crippen LogP contribution in [-0.2, 0) is 4.74 Å². The lowest BCUT2D eigenvalue weighted by Gasteiger charge is -2.09. The van der Waals surface area contributed by atoms with Crippen LogP contribution in [0.15, 0.2) is 40.9 Å². The molecule has 2 N–H and O–H groups in total. The predicted molar refractivity (Wildman–Crippen MR) is 88.7 cm³/mol.